The van der Waals surface area contributed by atoms with Crippen LogP contribution in [0.15, 0.2) is 43.0 Å². The highest BCUT2D eigenvalue weighted by molar-refractivity contribution is 5.95. The maximum atomic E-state index is 13.1. The monoisotopic (exact) mass is 539 g/mol. The molecule has 6 rings (SSSR count). The SMILES string of the molecule is Cc1ncc(CC(=O)c2cc(C)n(C(C)(C)C)n2)cc1-n1cc(-c2cncc(N3CCN(C4CC4)CC3)c2)nn1. The van der Waals surface area contributed by atoms with Gasteiger partial charge in [0.2, 0.25) is 0 Å². The normalized spacial score (nSPS) is 16.5. The van der Waals surface area contributed by atoms with Crippen molar-refractivity contribution in [1.82, 2.24) is 39.6 Å². The lowest BCUT2D eigenvalue weighted by atomic mass is 10.1. The van der Waals surface area contributed by atoms with Crippen LogP contribution in [-0.4, -0.2) is 77.6 Å². The van der Waals surface area contributed by atoms with Crippen LogP contribution < -0.4 is 4.90 Å². The van der Waals surface area contributed by atoms with Crippen LogP contribution in [0.3, 0.4) is 0 Å². The number of nitrogens with zero attached hydrogens (tertiary/aromatic N) is 9. The van der Waals surface area contributed by atoms with Gasteiger partial charge in [-0.2, -0.15) is 5.10 Å². The molecule has 0 spiro atoms. The number of rotatable bonds is 7. The number of piperazine rings is 1. The molecule has 0 atom stereocenters. The Balaban J connectivity index is 1.18. The summed E-state index contributed by atoms with van der Waals surface area (Å²) in [6, 6.07) is 6.77. The Morgan fingerprint density at radius 2 is 1.77 bits per heavy atom. The van der Waals surface area contributed by atoms with Crippen LogP contribution in [0.25, 0.3) is 16.9 Å². The molecule has 5 heterocycles. The van der Waals surface area contributed by atoms with Crippen LogP contribution in [0, 0.1) is 13.8 Å². The van der Waals surface area contributed by atoms with Gasteiger partial charge in [-0.05, 0) is 71.2 Å². The third-order valence-corrected chi connectivity index (χ3v) is 7.79. The third-order valence-electron chi connectivity index (χ3n) is 7.79. The summed E-state index contributed by atoms with van der Waals surface area (Å²) in [6.45, 7) is 14.4. The van der Waals surface area contributed by atoms with Crippen LogP contribution >= 0.6 is 0 Å². The highest BCUT2D eigenvalue weighted by atomic mass is 16.1. The molecule has 4 aromatic rings. The fraction of sp³-hybridized carbons (Fsp3) is 0.467. The van der Waals surface area contributed by atoms with Gasteiger partial charge in [0.25, 0.3) is 0 Å². The standard InChI is InChI=1S/C30H37N9O/c1-20-12-26(34-39(20)30(3,4)5)29(40)14-22-13-28(21(2)32-16-22)38-19-27(33-35-38)23-15-25(18-31-17-23)37-10-8-36(9-11-37)24-6-7-24/h12-13,15-19,24H,6-11,14H2,1-5H3. The van der Waals surface area contributed by atoms with E-state index in [1.54, 1.807) is 10.9 Å². The number of hydrogen-bond acceptors (Lipinski definition) is 8. The molecular weight excluding hydrogens is 502 g/mol. The smallest absolute Gasteiger partial charge is 0.187 e. The summed E-state index contributed by atoms with van der Waals surface area (Å²) in [6.07, 6.45) is 10.3. The number of hydrogen-bond donors (Lipinski definition) is 0. The van der Waals surface area contributed by atoms with Gasteiger partial charge in [0, 0.05) is 62.3 Å². The lowest BCUT2D eigenvalue weighted by Gasteiger charge is -2.36. The van der Waals surface area contributed by atoms with E-state index < -0.39 is 0 Å². The summed E-state index contributed by atoms with van der Waals surface area (Å²) in [5.41, 5.74) is 6.44. The average molecular weight is 540 g/mol. The molecule has 4 aromatic heterocycles. The minimum atomic E-state index is -0.188. The Kier molecular flexibility index (Phi) is 6.74. The molecule has 0 amide bonds. The predicted octanol–water partition coefficient (Wildman–Crippen LogP) is 4.00. The van der Waals surface area contributed by atoms with Crippen molar-refractivity contribution in [3.05, 3.63) is 65.6 Å². The van der Waals surface area contributed by atoms with Gasteiger partial charge in [-0.1, -0.05) is 5.21 Å². The first kappa shape index (κ1) is 26.3. The first-order valence-electron chi connectivity index (χ1n) is 14.1. The van der Waals surface area contributed by atoms with Crippen LogP contribution in [0.5, 0.6) is 0 Å². The van der Waals surface area contributed by atoms with E-state index in [4.69, 9.17) is 0 Å². The molecule has 1 aliphatic heterocycles. The maximum absolute atomic E-state index is 13.1. The fourth-order valence-electron chi connectivity index (χ4n) is 5.50. The van der Waals surface area contributed by atoms with E-state index in [1.807, 2.05) is 49.3 Å². The molecule has 208 valence electrons. The molecular formula is C30H37N9O. The van der Waals surface area contributed by atoms with E-state index >= 15 is 0 Å². The number of aryl methyl sites for hydroxylation is 2. The highest BCUT2D eigenvalue weighted by Crippen LogP contribution is 2.29. The third kappa shape index (κ3) is 5.40. The largest absolute Gasteiger partial charge is 0.368 e. The molecule has 0 N–H and O–H groups in total. The zero-order chi connectivity index (χ0) is 28.0. The molecule has 2 aliphatic rings. The second kappa shape index (κ2) is 10.2. The molecule has 1 saturated heterocycles. The quantitative estimate of drug-likeness (QED) is 0.325. The van der Waals surface area contributed by atoms with E-state index in [-0.39, 0.29) is 17.7 Å². The molecule has 40 heavy (non-hydrogen) atoms. The van der Waals surface area contributed by atoms with Gasteiger partial charge in [-0.15, -0.1) is 5.10 Å². The fourth-order valence-corrected chi connectivity index (χ4v) is 5.50. The molecule has 0 radical (unpaired) electrons. The van der Waals surface area contributed by atoms with Crippen molar-refractivity contribution in [3.8, 4) is 16.9 Å². The number of anilines is 1. The van der Waals surface area contributed by atoms with Crippen LogP contribution in [-0.2, 0) is 12.0 Å². The Morgan fingerprint density at radius 3 is 2.48 bits per heavy atom. The van der Waals surface area contributed by atoms with Crippen molar-refractivity contribution < 1.29 is 4.79 Å². The Labute approximate surface area is 235 Å². The second-order valence-electron chi connectivity index (χ2n) is 12.0. The van der Waals surface area contributed by atoms with Crippen molar-refractivity contribution in [2.24, 2.45) is 0 Å². The van der Waals surface area contributed by atoms with Gasteiger partial charge in [-0.25, -0.2) is 4.68 Å². The molecule has 0 aromatic carbocycles. The maximum Gasteiger partial charge on any atom is 0.187 e. The average Bonchev–Trinajstić information content (AvgIpc) is 3.52. The van der Waals surface area contributed by atoms with Crippen molar-refractivity contribution >= 4 is 11.5 Å². The topological polar surface area (TPSA) is 97.9 Å². The number of Topliss-reactive ketones (excluding diaryl/α,β-unsaturated/α-hetero) is 1. The number of ketones is 1. The minimum absolute atomic E-state index is 0.0390. The van der Waals surface area contributed by atoms with Gasteiger partial charge >= 0.3 is 0 Å². The van der Waals surface area contributed by atoms with Gasteiger partial charge in [0.1, 0.15) is 11.4 Å². The van der Waals surface area contributed by atoms with Gasteiger partial charge < -0.3 is 4.90 Å². The zero-order valence-electron chi connectivity index (χ0n) is 24.0. The summed E-state index contributed by atoms with van der Waals surface area (Å²) < 4.78 is 3.62. The highest BCUT2D eigenvalue weighted by Gasteiger charge is 2.31. The van der Waals surface area contributed by atoms with Gasteiger partial charge in [0.15, 0.2) is 5.78 Å². The summed E-state index contributed by atoms with van der Waals surface area (Å²) in [5.74, 6) is -0.0390. The Hall–Kier alpha value is -3.92. The first-order chi connectivity index (χ1) is 19.2. The summed E-state index contributed by atoms with van der Waals surface area (Å²) >= 11 is 0. The zero-order valence-corrected chi connectivity index (χ0v) is 24.0. The summed E-state index contributed by atoms with van der Waals surface area (Å²) in [4.78, 5) is 27.2. The predicted molar refractivity (Wildman–Crippen MR) is 154 cm³/mol. The van der Waals surface area contributed by atoms with E-state index in [9.17, 15) is 4.79 Å². The molecule has 1 saturated carbocycles. The Bertz CT molecular complexity index is 1530. The van der Waals surface area contributed by atoms with Gasteiger partial charge in [0.05, 0.1) is 35.0 Å². The van der Waals surface area contributed by atoms with E-state index in [1.165, 1.54) is 12.8 Å². The van der Waals surface area contributed by atoms with E-state index in [0.717, 1.165) is 71.8 Å². The van der Waals surface area contributed by atoms with Crippen molar-refractivity contribution in [3.63, 3.8) is 0 Å². The number of carbonyl (C=O) groups is 1. The van der Waals surface area contributed by atoms with Crippen molar-refractivity contribution in [2.75, 3.05) is 31.1 Å². The van der Waals surface area contributed by atoms with Crippen LogP contribution in [0.4, 0.5) is 5.69 Å². The molecule has 0 unspecified atom stereocenters. The molecule has 10 nitrogen and oxygen atoms in total. The van der Waals surface area contributed by atoms with E-state index in [0.29, 0.717) is 5.69 Å². The lowest BCUT2D eigenvalue weighted by Crippen LogP contribution is -2.47. The van der Waals surface area contributed by atoms with E-state index in [2.05, 4.69) is 62.0 Å². The molecule has 2 fully saturated rings. The number of aromatic nitrogens is 7. The summed E-state index contributed by atoms with van der Waals surface area (Å²) in [7, 11) is 0. The molecule has 0 bridgehead atoms. The second-order valence-corrected chi connectivity index (χ2v) is 12.0. The molecule has 10 heteroatoms. The van der Waals surface area contributed by atoms with Crippen LogP contribution in [0.2, 0.25) is 0 Å². The summed E-state index contributed by atoms with van der Waals surface area (Å²) in [5, 5.41) is 13.4. The van der Waals surface area contributed by atoms with Crippen LogP contribution in [0.1, 0.15) is 61.1 Å². The minimum Gasteiger partial charge on any atom is -0.368 e. The van der Waals surface area contributed by atoms with Gasteiger partial charge in [-0.3, -0.25) is 24.3 Å². The molecule has 1 aliphatic carbocycles. The first-order valence-corrected chi connectivity index (χ1v) is 14.1. The number of pyridine rings is 2. The van der Waals surface area contributed by atoms with Crippen molar-refractivity contribution in [2.45, 2.75) is 65.5 Å². The Morgan fingerprint density at radius 1 is 1.00 bits per heavy atom. The van der Waals surface area contributed by atoms with Crippen molar-refractivity contribution in [1.29, 1.82) is 0 Å². The lowest BCUT2D eigenvalue weighted by molar-refractivity contribution is 0.0986. The number of carbonyl (C=O) groups excluding carboxylic acids is 1.